The number of nitrogens with one attached hydrogen (secondary N) is 1. The van der Waals surface area contributed by atoms with E-state index in [2.05, 4.69) is 95.1 Å². The highest BCUT2D eigenvalue weighted by Gasteiger charge is 2.10. The third-order valence-corrected chi connectivity index (χ3v) is 5.93. The molecule has 0 atom stereocenters. The summed E-state index contributed by atoms with van der Waals surface area (Å²) in [7, 11) is 0. The summed E-state index contributed by atoms with van der Waals surface area (Å²) in [5.41, 5.74) is 10.3. The van der Waals surface area contributed by atoms with E-state index in [0.29, 0.717) is 6.42 Å². The van der Waals surface area contributed by atoms with Crippen molar-refractivity contribution in [1.29, 1.82) is 0 Å². The minimum atomic E-state index is -0.123. The van der Waals surface area contributed by atoms with E-state index in [1.807, 2.05) is 12.1 Å². The van der Waals surface area contributed by atoms with Gasteiger partial charge in [-0.05, 0) is 62.1 Å². The van der Waals surface area contributed by atoms with Crippen molar-refractivity contribution in [1.82, 2.24) is 9.99 Å². The Bertz CT molecular complexity index is 1050. The SMILES string of the molecule is CCc1ccc(CC(=O)N/N=C/c2cc(C)n(-c3ccc(C)c(Br)c3)c2C)cc1. The first-order chi connectivity index (χ1) is 13.9. The second-order valence-corrected chi connectivity index (χ2v) is 8.09. The highest BCUT2D eigenvalue weighted by atomic mass is 79.9. The van der Waals surface area contributed by atoms with Crippen LogP contribution in [-0.4, -0.2) is 16.7 Å². The van der Waals surface area contributed by atoms with Crippen LogP contribution in [0.2, 0.25) is 0 Å². The number of aryl methyl sites for hydroxylation is 3. The van der Waals surface area contributed by atoms with Gasteiger partial charge in [0, 0.05) is 27.1 Å². The van der Waals surface area contributed by atoms with Crippen molar-refractivity contribution in [2.24, 2.45) is 5.10 Å². The summed E-state index contributed by atoms with van der Waals surface area (Å²) in [6, 6.07) is 16.5. The molecule has 0 saturated carbocycles. The Hall–Kier alpha value is -2.66. The second kappa shape index (κ2) is 9.23. The van der Waals surface area contributed by atoms with Gasteiger partial charge in [0.1, 0.15) is 0 Å². The highest BCUT2D eigenvalue weighted by molar-refractivity contribution is 9.10. The number of nitrogens with zero attached hydrogens (tertiary/aromatic N) is 2. The lowest BCUT2D eigenvalue weighted by atomic mass is 10.1. The second-order valence-electron chi connectivity index (χ2n) is 7.24. The monoisotopic (exact) mass is 451 g/mol. The maximum atomic E-state index is 12.2. The number of hydrazone groups is 1. The molecule has 0 aliphatic rings. The van der Waals surface area contributed by atoms with E-state index in [1.54, 1.807) is 6.21 Å². The van der Waals surface area contributed by atoms with Crippen LogP contribution in [0.15, 0.2) is 58.1 Å². The van der Waals surface area contributed by atoms with Gasteiger partial charge in [0.25, 0.3) is 0 Å². The fraction of sp³-hybridized carbons (Fsp3) is 0.250. The predicted molar refractivity (Wildman–Crippen MR) is 123 cm³/mol. The lowest BCUT2D eigenvalue weighted by Gasteiger charge is -2.11. The van der Waals surface area contributed by atoms with E-state index in [0.717, 1.165) is 39.1 Å². The Labute approximate surface area is 180 Å². The summed E-state index contributed by atoms with van der Waals surface area (Å²) in [6.07, 6.45) is 3.02. The number of amides is 1. The van der Waals surface area contributed by atoms with Crippen LogP contribution in [0.1, 0.15) is 40.6 Å². The van der Waals surface area contributed by atoms with Crippen LogP contribution in [0.25, 0.3) is 5.69 Å². The average Bonchev–Trinajstić information content (AvgIpc) is 2.98. The van der Waals surface area contributed by atoms with Crippen LogP contribution >= 0.6 is 15.9 Å². The molecule has 3 aromatic rings. The van der Waals surface area contributed by atoms with Gasteiger partial charge in [0.15, 0.2) is 0 Å². The Morgan fingerprint density at radius 3 is 2.41 bits per heavy atom. The minimum Gasteiger partial charge on any atom is -0.318 e. The Morgan fingerprint density at radius 1 is 1.07 bits per heavy atom. The fourth-order valence-corrected chi connectivity index (χ4v) is 3.69. The van der Waals surface area contributed by atoms with E-state index >= 15 is 0 Å². The minimum absolute atomic E-state index is 0.123. The van der Waals surface area contributed by atoms with Crippen molar-refractivity contribution in [3.8, 4) is 5.69 Å². The largest absolute Gasteiger partial charge is 0.318 e. The molecular formula is C24H26BrN3O. The fourth-order valence-electron chi connectivity index (χ4n) is 3.33. The van der Waals surface area contributed by atoms with Gasteiger partial charge in [0.2, 0.25) is 5.91 Å². The zero-order valence-electron chi connectivity index (χ0n) is 17.3. The molecule has 4 nitrogen and oxygen atoms in total. The van der Waals surface area contributed by atoms with Crippen LogP contribution in [0.3, 0.4) is 0 Å². The smallest absolute Gasteiger partial charge is 0.244 e. The van der Waals surface area contributed by atoms with Crippen molar-refractivity contribution < 1.29 is 4.79 Å². The molecule has 0 radical (unpaired) electrons. The zero-order chi connectivity index (χ0) is 21.0. The molecule has 2 aromatic carbocycles. The van der Waals surface area contributed by atoms with Gasteiger partial charge >= 0.3 is 0 Å². The van der Waals surface area contributed by atoms with Crippen LogP contribution in [-0.2, 0) is 17.6 Å². The molecular weight excluding hydrogens is 426 g/mol. The average molecular weight is 452 g/mol. The maximum Gasteiger partial charge on any atom is 0.244 e. The Balaban J connectivity index is 1.69. The first kappa shape index (κ1) is 21.1. The van der Waals surface area contributed by atoms with E-state index in [-0.39, 0.29) is 5.91 Å². The van der Waals surface area contributed by atoms with Crippen molar-refractivity contribution in [2.75, 3.05) is 0 Å². The van der Waals surface area contributed by atoms with Gasteiger partial charge in [0.05, 0.1) is 12.6 Å². The number of hydrogen-bond acceptors (Lipinski definition) is 2. The normalized spacial score (nSPS) is 11.2. The third-order valence-electron chi connectivity index (χ3n) is 5.07. The lowest BCUT2D eigenvalue weighted by molar-refractivity contribution is -0.120. The number of carbonyl (C=O) groups is 1. The molecule has 0 bridgehead atoms. The molecule has 0 aliphatic carbocycles. The molecule has 5 heteroatoms. The van der Waals surface area contributed by atoms with Crippen molar-refractivity contribution in [2.45, 2.75) is 40.5 Å². The maximum absolute atomic E-state index is 12.2. The zero-order valence-corrected chi connectivity index (χ0v) is 18.9. The number of hydrogen-bond donors (Lipinski definition) is 1. The van der Waals surface area contributed by atoms with Gasteiger partial charge in [-0.3, -0.25) is 4.79 Å². The Kier molecular flexibility index (Phi) is 6.70. The van der Waals surface area contributed by atoms with Gasteiger partial charge in [-0.2, -0.15) is 5.10 Å². The molecule has 29 heavy (non-hydrogen) atoms. The van der Waals surface area contributed by atoms with Crippen LogP contribution < -0.4 is 5.43 Å². The van der Waals surface area contributed by atoms with Gasteiger partial charge in [-0.1, -0.05) is 53.2 Å². The van der Waals surface area contributed by atoms with E-state index in [4.69, 9.17) is 0 Å². The van der Waals surface area contributed by atoms with Crippen LogP contribution in [0.5, 0.6) is 0 Å². The first-order valence-corrected chi connectivity index (χ1v) is 10.5. The van der Waals surface area contributed by atoms with Gasteiger partial charge < -0.3 is 4.57 Å². The molecule has 1 amide bonds. The summed E-state index contributed by atoms with van der Waals surface area (Å²) in [4.78, 5) is 12.2. The summed E-state index contributed by atoms with van der Waals surface area (Å²) in [6.45, 7) is 8.31. The molecule has 0 saturated heterocycles. The lowest BCUT2D eigenvalue weighted by Crippen LogP contribution is -2.19. The molecule has 150 valence electrons. The predicted octanol–water partition coefficient (Wildman–Crippen LogP) is 5.42. The van der Waals surface area contributed by atoms with Crippen molar-refractivity contribution in [3.63, 3.8) is 0 Å². The third kappa shape index (κ3) is 5.04. The molecule has 0 spiro atoms. The first-order valence-electron chi connectivity index (χ1n) is 9.74. The summed E-state index contributed by atoms with van der Waals surface area (Å²) in [5, 5.41) is 4.16. The van der Waals surface area contributed by atoms with E-state index < -0.39 is 0 Å². The molecule has 1 N–H and O–H groups in total. The number of carbonyl (C=O) groups excluding carboxylic acids is 1. The quantitative estimate of drug-likeness (QED) is 0.394. The molecule has 1 aromatic heterocycles. The van der Waals surface area contributed by atoms with Gasteiger partial charge in [-0.15, -0.1) is 0 Å². The molecule has 0 unspecified atom stereocenters. The molecule has 0 aliphatic heterocycles. The molecule has 3 rings (SSSR count). The summed E-state index contributed by atoms with van der Waals surface area (Å²) < 4.78 is 3.26. The number of rotatable bonds is 6. The molecule has 1 heterocycles. The van der Waals surface area contributed by atoms with Crippen molar-refractivity contribution >= 4 is 28.1 Å². The molecule has 0 fully saturated rings. The summed E-state index contributed by atoms with van der Waals surface area (Å²) >= 11 is 3.61. The highest BCUT2D eigenvalue weighted by Crippen LogP contribution is 2.24. The van der Waals surface area contributed by atoms with Crippen LogP contribution in [0.4, 0.5) is 0 Å². The standard InChI is InChI=1S/C24H26BrN3O/c1-5-19-7-9-20(10-8-19)13-24(29)27-26-15-21-12-17(3)28(18(21)4)22-11-6-16(2)23(25)14-22/h6-12,14-15H,5,13H2,1-4H3,(H,27,29)/b26-15+. The topological polar surface area (TPSA) is 46.4 Å². The van der Waals surface area contributed by atoms with Gasteiger partial charge in [-0.25, -0.2) is 5.43 Å². The Morgan fingerprint density at radius 2 is 1.76 bits per heavy atom. The number of aromatic nitrogens is 1. The van der Waals surface area contributed by atoms with E-state index in [1.165, 1.54) is 11.1 Å². The number of halogens is 1. The summed E-state index contributed by atoms with van der Waals surface area (Å²) in [5.74, 6) is -0.123. The van der Waals surface area contributed by atoms with E-state index in [9.17, 15) is 4.79 Å². The van der Waals surface area contributed by atoms with Crippen LogP contribution in [0, 0.1) is 20.8 Å². The number of benzene rings is 2. The van der Waals surface area contributed by atoms with Crippen molar-refractivity contribution in [3.05, 3.63) is 86.6 Å².